The Hall–Kier alpha value is -3.77. The summed E-state index contributed by atoms with van der Waals surface area (Å²) in [6.45, 7) is 3.70. The number of anilines is 2. The van der Waals surface area contributed by atoms with Crippen LogP contribution in [0.4, 0.5) is 28.9 Å². The molecule has 2 unspecified atom stereocenters. The van der Waals surface area contributed by atoms with Crippen molar-refractivity contribution in [2.24, 2.45) is 0 Å². The molecule has 2 atom stereocenters. The molecule has 8 nitrogen and oxygen atoms in total. The number of carbonyl (C=O) groups excluding carboxylic acids is 1. The van der Waals surface area contributed by atoms with Crippen LogP contribution in [0.3, 0.4) is 0 Å². The second kappa shape index (κ2) is 11.8. The molecular formula is C28H28F4N4O4. The average Bonchev–Trinajstić information content (AvgIpc) is 2.96. The molecule has 2 aliphatic rings. The smallest absolute Gasteiger partial charge is 0.416 e. The van der Waals surface area contributed by atoms with Crippen LogP contribution in [0.1, 0.15) is 29.4 Å². The number of halogens is 4. The summed E-state index contributed by atoms with van der Waals surface area (Å²) >= 11 is 0. The maximum absolute atomic E-state index is 14.6. The highest BCUT2D eigenvalue weighted by molar-refractivity contribution is 6.04. The lowest BCUT2D eigenvalue weighted by atomic mass is 10.0. The molecule has 1 aromatic carbocycles. The third-order valence-electron chi connectivity index (χ3n) is 6.63. The van der Waals surface area contributed by atoms with E-state index in [2.05, 4.69) is 15.3 Å². The summed E-state index contributed by atoms with van der Waals surface area (Å²) in [5.41, 5.74) is 1.57. The summed E-state index contributed by atoms with van der Waals surface area (Å²) < 4.78 is 79.0. The molecule has 212 valence electrons. The topological polar surface area (TPSA) is 85.8 Å². The number of pyridine rings is 2. The molecule has 1 amide bonds. The van der Waals surface area contributed by atoms with E-state index in [4.69, 9.17) is 15.6 Å². The predicted octanol–water partition coefficient (Wildman–Crippen LogP) is 5.07. The van der Waals surface area contributed by atoms with Crippen molar-refractivity contribution in [2.75, 3.05) is 49.7 Å². The Kier molecular flexibility index (Phi) is 7.78. The molecule has 3 aromatic rings. The van der Waals surface area contributed by atoms with Crippen molar-refractivity contribution in [3.63, 3.8) is 0 Å². The lowest BCUT2D eigenvalue weighted by molar-refractivity contribution is -0.137. The molecule has 12 heteroatoms. The van der Waals surface area contributed by atoms with Gasteiger partial charge in [-0.2, -0.15) is 13.2 Å². The van der Waals surface area contributed by atoms with Crippen LogP contribution in [0.15, 0.2) is 48.8 Å². The van der Waals surface area contributed by atoms with Crippen LogP contribution in [-0.4, -0.2) is 67.6 Å². The highest BCUT2D eigenvalue weighted by atomic mass is 19.4. The van der Waals surface area contributed by atoms with Gasteiger partial charge in [0.2, 0.25) is 5.88 Å². The van der Waals surface area contributed by atoms with Crippen LogP contribution in [0, 0.1) is 6.92 Å². The van der Waals surface area contributed by atoms with E-state index in [0.717, 1.165) is 12.1 Å². The first-order valence-corrected chi connectivity index (χ1v) is 12.7. The van der Waals surface area contributed by atoms with Crippen molar-refractivity contribution in [3.05, 3.63) is 65.6 Å². The Morgan fingerprint density at radius 2 is 1.93 bits per heavy atom. The highest BCUT2D eigenvalue weighted by Crippen LogP contribution is 2.35. The molecule has 0 bridgehead atoms. The van der Waals surface area contributed by atoms with Crippen LogP contribution < -0.4 is 15.0 Å². The predicted molar refractivity (Wildman–Crippen MR) is 139 cm³/mol. The molecule has 1 N–H and O–H groups in total. The molecule has 0 saturated carbocycles. The van der Waals surface area contributed by atoms with E-state index in [1.165, 1.54) is 24.5 Å². The second-order valence-electron chi connectivity index (χ2n) is 9.40. The minimum atomic E-state index is -4.58. The number of rotatable bonds is 6. The van der Waals surface area contributed by atoms with Gasteiger partial charge in [0.15, 0.2) is 6.17 Å². The third kappa shape index (κ3) is 6.34. The van der Waals surface area contributed by atoms with E-state index in [9.17, 15) is 22.4 Å². The number of alkyl halides is 4. The summed E-state index contributed by atoms with van der Waals surface area (Å²) in [6.07, 6.45) is -5.12. The van der Waals surface area contributed by atoms with Gasteiger partial charge in [0, 0.05) is 48.1 Å². The largest absolute Gasteiger partial charge is 0.470 e. The van der Waals surface area contributed by atoms with Gasteiger partial charge in [0.1, 0.15) is 11.8 Å². The van der Waals surface area contributed by atoms with Crippen molar-refractivity contribution >= 4 is 17.3 Å². The number of hydrogen-bond acceptors (Lipinski definition) is 7. The number of aryl methyl sites for hydroxylation is 1. The van der Waals surface area contributed by atoms with Gasteiger partial charge in [-0.25, -0.2) is 9.37 Å². The van der Waals surface area contributed by atoms with Crippen molar-refractivity contribution in [3.8, 4) is 17.0 Å². The van der Waals surface area contributed by atoms with Gasteiger partial charge in [-0.15, -0.1) is 0 Å². The van der Waals surface area contributed by atoms with Gasteiger partial charge in [-0.05, 0) is 37.3 Å². The molecule has 0 aliphatic carbocycles. The molecule has 2 fully saturated rings. The number of hydrogen-bond donors (Lipinski definition) is 1. The Balaban J connectivity index is 1.45. The fraction of sp³-hybridized carbons (Fsp3) is 0.393. The minimum Gasteiger partial charge on any atom is -0.470 e. The first kappa shape index (κ1) is 26.5. The van der Waals surface area contributed by atoms with Crippen LogP contribution in [0.25, 0.3) is 11.1 Å². The maximum atomic E-state index is 14.6. The fourth-order valence-electron chi connectivity index (χ4n) is 4.48. The molecule has 0 radical (unpaired) electrons. The van der Waals surface area contributed by atoms with E-state index >= 15 is 0 Å². The quantitative estimate of drug-likeness (QED) is 0.421. The number of ether oxygens (including phenoxy) is 3. The average molecular weight is 562 g/mol. The fourth-order valence-corrected chi connectivity index (χ4v) is 4.48. The Morgan fingerprint density at radius 1 is 1.12 bits per heavy atom. The van der Waals surface area contributed by atoms with E-state index in [1.54, 1.807) is 19.1 Å². The van der Waals surface area contributed by atoms with E-state index in [0.29, 0.717) is 48.8 Å². The van der Waals surface area contributed by atoms with E-state index in [1.807, 2.05) is 4.90 Å². The lowest BCUT2D eigenvalue weighted by Crippen LogP contribution is -2.39. The van der Waals surface area contributed by atoms with Crippen molar-refractivity contribution < 1.29 is 37.9 Å². The number of aromatic nitrogens is 2. The number of benzene rings is 1. The molecule has 2 aromatic heterocycles. The second-order valence-corrected chi connectivity index (χ2v) is 9.40. The van der Waals surface area contributed by atoms with Gasteiger partial charge in [0.05, 0.1) is 45.2 Å². The molecule has 2 saturated heterocycles. The third-order valence-corrected chi connectivity index (χ3v) is 6.63. The Labute approximate surface area is 229 Å². The van der Waals surface area contributed by atoms with Gasteiger partial charge in [-0.3, -0.25) is 9.78 Å². The van der Waals surface area contributed by atoms with E-state index < -0.39 is 29.9 Å². The minimum absolute atomic E-state index is 0.0385. The number of nitrogens with one attached hydrogen (secondary N) is 1. The van der Waals surface area contributed by atoms with Crippen molar-refractivity contribution in [2.45, 2.75) is 31.8 Å². The molecule has 5 rings (SSSR count). The van der Waals surface area contributed by atoms with Crippen molar-refractivity contribution in [1.82, 2.24) is 9.97 Å². The van der Waals surface area contributed by atoms with Gasteiger partial charge < -0.3 is 24.4 Å². The zero-order valence-corrected chi connectivity index (χ0v) is 21.6. The zero-order chi connectivity index (χ0) is 29.2. The van der Waals surface area contributed by atoms with Gasteiger partial charge in [-0.1, -0.05) is 6.07 Å². The normalized spacial score (nSPS) is 22.0. The highest BCUT2D eigenvalue weighted by Gasteiger charge is 2.31. The Bertz CT molecular complexity index is 1420. The van der Waals surface area contributed by atoms with Crippen LogP contribution in [-0.2, 0) is 15.7 Å². The van der Waals surface area contributed by atoms with Crippen LogP contribution >= 0.6 is 0 Å². The summed E-state index contributed by atoms with van der Waals surface area (Å²) in [5, 5.41) is 2.61. The monoisotopic (exact) mass is 561 g/mol. The summed E-state index contributed by atoms with van der Waals surface area (Å²) in [6, 6.07) is 7.60. The maximum Gasteiger partial charge on any atom is 0.416 e. The lowest BCUT2D eigenvalue weighted by Gasteiger charge is -2.32. The van der Waals surface area contributed by atoms with Crippen LogP contribution in [0.2, 0.25) is 0 Å². The number of morpholine rings is 1. The molecule has 4 heterocycles. The van der Waals surface area contributed by atoms with Crippen LogP contribution in [0.5, 0.6) is 5.88 Å². The Morgan fingerprint density at radius 3 is 2.67 bits per heavy atom. The van der Waals surface area contributed by atoms with E-state index in [-0.39, 0.29) is 36.8 Å². The SMILES string of the molecule is [2H]C1(Oc2ncc(-c3cc(NC(=O)c4cccc(C(F)(F)F)c4)cnc3C)cc2N2CCOCC2)CCOCC1F. The molecular weight excluding hydrogens is 532 g/mol. The summed E-state index contributed by atoms with van der Waals surface area (Å²) in [7, 11) is 0. The number of carbonyl (C=O) groups is 1. The summed E-state index contributed by atoms with van der Waals surface area (Å²) in [5.74, 6) is -0.614. The summed E-state index contributed by atoms with van der Waals surface area (Å²) in [4.78, 5) is 23.6. The number of amides is 1. The zero-order valence-electron chi connectivity index (χ0n) is 22.6. The molecule has 0 spiro atoms. The first-order valence-electron chi connectivity index (χ1n) is 13.2. The molecule has 2 aliphatic heterocycles. The van der Waals surface area contributed by atoms with Gasteiger partial charge in [0.25, 0.3) is 5.91 Å². The molecule has 40 heavy (non-hydrogen) atoms. The first-order chi connectivity index (χ1) is 19.5. The van der Waals surface area contributed by atoms with Gasteiger partial charge >= 0.3 is 6.18 Å². The number of nitrogens with zero attached hydrogens (tertiary/aromatic N) is 3. The standard InChI is InChI=1S/C28H28F4N4O4/c1-17-22(13-21(15-33-17)35-26(37)18-3-2-4-20(11-18)28(30,31)32)19-12-24(36-6-9-38-10-7-36)27(34-14-19)40-25-5-8-39-16-23(25)29/h2-4,11-15,23,25H,5-10,16H2,1H3,(H,35,37)/i25D. The van der Waals surface area contributed by atoms with Crippen molar-refractivity contribution in [1.29, 1.82) is 0 Å².